The average molecular weight is 325 g/mol. The summed E-state index contributed by atoms with van der Waals surface area (Å²) in [6, 6.07) is 1.70. The Morgan fingerprint density at radius 2 is 2.00 bits per heavy atom. The summed E-state index contributed by atoms with van der Waals surface area (Å²) in [5.41, 5.74) is 0.00616. The third kappa shape index (κ3) is 4.69. The van der Waals surface area contributed by atoms with Crippen molar-refractivity contribution in [1.82, 2.24) is 4.72 Å². The van der Waals surface area contributed by atoms with Gasteiger partial charge in [-0.05, 0) is 42.5 Å². The molecule has 20 heavy (non-hydrogen) atoms. The first-order chi connectivity index (χ1) is 9.42. The highest BCUT2D eigenvalue weighted by Gasteiger charge is 2.22. The molecule has 8 heteroatoms. The lowest BCUT2D eigenvalue weighted by Gasteiger charge is -2.09. The number of hydrogen-bond acceptors (Lipinski definition) is 4. The molecule has 4 nitrogen and oxygen atoms in total. The van der Waals surface area contributed by atoms with E-state index in [4.69, 9.17) is 5.11 Å². The quantitative estimate of drug-likeness (QED) is 0.716. The highest BCUT2D eigenvalue weighted by atomic mass is 32.2. The van der Waals surface area contributed by atoms with Crippen molar-refractivity contribution in [2.24, 2.45) is 0 Å². The molecule has 0 heterocycles. The zero-order valence-electron chi connectivity index (χ0n) is 11.0. The van der Waals surface area contributed by atoms with Crippen LogP contribution in [0.15, 0.2) is 17.0 Å². The number of nitrogens with one attached hydrogen (secondary N) is 1. The molecule has 0 unspecified atom stereocenters. The molecule has 0 fully saturated rings. The smallest absolute Gasteiger partial charge is 0.243 e. The zero-order valence-corrected chi connectivity index (χ0v) is 12.7. The van der Waals surface area contributed by atoms with Crippen LogP contribution in [0, 0.1) is 11.6 Å². The minimum Gasteiger partial charge on any atom is -0.392 e. The highest BCUT2D eigenvalue weighted by Crippen LogP contribution is 2.20. The number of unbranched alkanes of at least 4 members (excludes halogenated alkanes) is 1. The Morgan fingerprint density at radius 1 is 1.30 bits per heavy atom. The molecule has 0 aliphatic carbocycles. The lowest BCUT2D eigenvalue weighted by atomic mass is 10.2. The fourth-order valence-corrected chi connectivity index (χ4v) is 3.26. The van der Waals surface area contributed by atoms with E-state index in [0.717, 1.165) is 24.3 Å². The second-order valence-electron chi connectivity index (χ2n) is 4.15. The van der Waals surface area contributed by atoms with Crippen LogP contribution in [0.4, 0.5) is 8.78 Å². The molecule has 0 aliphatic heterocycles. The summed E-state index contributed by atoms with van der Waals surface area (Å²) in [6.45, 7) is -0.402. The summed E-state index contributed by atoms with van der Waals surface area (Å²) in [5.74, 6) is -1.82. The van der Waals surface area contributed by atoms with Crippen LogP contribution in [0.2, 0.25) is 0 Å². The first-order valence-corrected chi connectivity index (χ1v) is 8.87. The normalized spacial score (nSPS) is 11.8. The van der Waals surface area contributed by atoms with Crippen LogP contribution in [-0.4, -0.2) is 32.1 Å². The number of aliphatic hydroxyl groups excluding tert-OH is 1. The van der Waals surface area contributed by atoms with Gasteiger partial charge in [-0.25, -0.2) is 21.9 Å². The molecule has 1 rings (SSSR count). The van der Waals surface area contributed by atoms with E-state index in [2.05, 4.69) is 4.72 Å². The van der Waals surface area contributed by atoms with Gasteiger partial charge in [0.05, 0.1) is 6.61 Å². The lowest BCUT2D eigenvalue weighted by Crippen LogP contribution is -2.26. The van der Waals surface area contributed by atoms with Crippen molar-refractivity contribution >= 4 is 21.8 Å². The minimum absolute atomic E-state index is 0.00616. The van der Waals surface area contributed by atoms with Gasteiger partial charge < -0.3 is 5.11 Å². The predicted molar refractivity (Wildman–Crippen MR) is 75.1 cm³/mol. The van der Waals surface area contributed by atoms with Gasteiger partial charge in [0.2, 0.25) is 10.0 Å². The molecule has 1 aromatic rings. The summed E-state index contributed by atoms with van der Waals surface area (Å²) < 4.78 is 52.9. The summed E-state index contributed by atoms with van der Waals surface area (Å²) in [4.78, 5) is -0.772. The van der Waals surface area contributed by atoms with Gasteiger partial charge in [-0.2, -0.15) is 11.8 Å². The lowest BCUT2D eigenvalue weighted by molar-refractivity contribution is 0.280. The van der Waals surface area contributed by atoms with Crippen LogP contribution < -0.4 is 4.72 Å². The van der Waals surface area contributed by atoms with Crippen LogP contribution in [-0.2, 0) is 16.6 Å². The number of rotatable bonds is 8. The van der Waals surface area contributed by atoms with Crippen molar-refractivity contribution < 1.29 is 22.3 Å². The third-order valence-corrected chi connectivity index (χ3v) is 4.75. The standard InChI is InChI=1S/C12H17F2NO3S2/c1-19-5-3-2-4-15-20(17,18)11-7-9(8-16)6-10(13)12(11)14/h6-7,15-16H,2-5,8H2,1H3. The van der Waals surface area contributed by atoms with Crippen molar-refractivity contribution in [2.75, 3.05) is 18.6 Å². The first kappa shape index (κ1) is 17.4. The zero-order chi connectivity index (χ0) is 15.2. The molecular weight excluding hydrogens is 308 g/mol. The number of aliphatic hydroxyl groups is 1. The molecule has 0 saturated carbocycles. The van der Waals surface area contributed by atoms with E-state index >= 15 is 0 Å². The molecular formula is C12H17F2NO3S2. The van der Waals surface area contributed by atoms with Crippen molar-refractivity contribution in [3.05, 3.63) is 29.3 Å². The number of halogens is 2. The number of benzene rings is 1. The van der Waals surface area contributed by atoms with Gasteiger partial charge in [0.25, 0.3) is 0 Å². The largest absolute Gasteiger partial charge is 0.392 e. The molecule has 0 radical (unpaired) electrons. The van der Waals surface area contributed by atoms with Crippen LogP contribution >= 0.6 is 11.8 Å². The number of thioether (sulfide) groups is 1. The molecule has 0 saturated heterocycles. The van der Waals surface area contributed by atoms with Gasteiger partial charge in [-0.1, -0.05) is 0 Å². The van der Waals surface area contributed by atoms with Crippen LogP contribution in [0.25, 0.3) is 0 Å². The highest BCUT2D eigenvalue weighted by molar-refractivity contribution is 7.98. The first-order valence-electron chi connectivity index (χ1n) is 5.99. The Labute approximate surface area is 121 Å². The monoisotopic (exact) mass is 325 g/mol. The third-order valence-electron chi connectivity index (χ3n) is 2.59. The van der Waals surface area contributed by atoms with E-state index in [1.165, 1.54) is 0 Å². The fraction of sp³-hybridized carbons (Fsp3) is 0.500. The summed E-state index contributed by atoms with van der Waals surface area (Å²) in [5, 5.41) is 8.91. The molecule has 0 amide bonds. The second kappa shape index (κ2) is 7.92. The van der Waals surface area contributed by atoms with Gasteiger partial charge >= 0.3 is 0 Å². The van der Waals surface area contributed by atoms with E-state index in [-0.39, 0.29) is 12.1 Å². The predicted octanol–water partition coefficient (Wildman–Crippen LogP) is 1.88. The topological polar surface area (TPSA) is 66.4 Å². The second-order valence-corrected chi connectivity index (χ2v) is 6.87. The molecule has 0 aliphatic rings. The van der Waals surface area contributed by atoms with E-state index in [0.29, 0.717) is 6.42 Å². The Hall–Kier alpha value is -0.700. The van der Waals surface area contributed by atoms with Crippen molar-refractivity contribution in [3.8, 4) is 0 Å². The van der Waals surface area contributed by atoms with E-state index in [1.54, 1.807) is 11.8 Å². The molecule has 2 N–H and O–H groups in total. The van der Waals surface area contributed by atoms with Crippen molar-refractivity contribution in [1.29, 1.82) is 0 Å². The molecule has 0 atom stereocenters. The Morgan fingerprint density at radius 3 is 2.60 bits per heavy atom. The molecule has 114 valence electrons. The van der Waals surface area contributed by atoms with Crippen LogP contribution in [0.5, 0.6) is 0 Å². The summed E-state index contributed by atoms with van der Waals surface area (Å²) in [6.07, 6.45) is 3.39. The molecule has 0 bridgehead atoms. The van der Waals surface area contributed by atoms with Crippen LogP contribution in [0.1, 0.15) is 18.4 Å². The van der Waals surface area contributed by atoms with Crippen molar-refractivity contribution in [2.45, 2.75) is 24.3 Å². The maximum Gasteiger partial charge on any atom is 0.243 e. The molecule has 1 aromatic carbocycles. The van der Waals surface area contributed by atoms with E-state index in [9.17, 15) is 17.2 Å². The summed E-state index contributed by atoms with van der Waals surface area (Å²) in [7, 11) is -4.12. The number of hydrogen-bond donors (Lipinski definition) is 2. The van der Waals surface area contributed by atoms with Crippen molar-refractivity contribution in [3.63, 3.8) is 0 Å². The van der Waals surface area contributed by atoms with E-state index in [1.807, 2.05) is 6.26 Å². The van der Waals surface area contributed by atoms with Gasteiger partial charge in [0, 0.05) is 6.54 Å². The average Bonchev–Trinajstić information content (AvgIpc) is 2.41. The fourth-order valence-electron chi connectivity index (χ4n) is 1.56. The van der Waals surface area contributed by atoms with Gasteiger partial charge in [0.15, 0.2) is 11.6 Å². The SMILES string of the molecule is CSCCCCNS(=O)(=O)c1cc(CO)cc(F)c1F. The summed E-state index contributed by atoms with van der Waals surface area (Å²) >= 11 is 1.65. The molecule has 0 aromatic heterocycles. The Balaban J connectivity index is 2.84. The maximum absolute atomic E-state index is 13.6. The van der Waals surface area contributed by atoms with Gasteiger partial charge in [-0.3, -0.25) is 0 Å². The number of sulfonamides is 1. The van der Waals surface area contributed by atoms with Gasteiger partial charge in [0.1, 0.15) is 4.90 Å². The maximum atomic E-state index is 13.6. The Bertz CT molecular complexity index is 550. The van der Waals surface area contributed by atoms with Gasteiger partial charge in [-0.15, -0.1) is 0 Å². The minimum atomic E-state index is -4.12. The van der Waals surface area contributed by atoms with E-state index < -0.39 is 33.2 Å². The molecule has 0 spiro atoms. The Kier molecular flexibility index (Phi) is 6.87. The van der Waals surface area contributed by atoms with Crippen LogP contribution in [0.3, 0.4) is 0 Å².